The van der Waals surface area contributed by atoms with Gasteiger partial charge in [-0.05, 0) is 38.7 Å². The van der Waals surface area contributed by atoms with Gasteiger partial charge < -0.3 is 15.1 Å². The van der Waals surface area contributed by atoms with Gasteiger partial charge in [0.15, 0.2) is 0 Å². The minimum Gasteiger partial charge on any atom is -0.373 e. The zero-order chi connectivity index (χ0) is 15.1. The van der Waals surface area contributed by atoms with E-state index in [9.17, 15) is 4.39 Å². The van der Waals surface area contributed by atoms with E-state index in [4.69, 9.17) is 0 Å². The Balaban J connectivity index is 2.76. The quantitative estimate of drug-likeness (QED) is 0.790. The Hall–Kier alpha value is -1.13. The highest BCUT2D eigenvalue weighted by Crippen LogP contribution is 2.22. The lowest BCUT2D eigenvalue weighted by Gasteiger charge is -2.24. The number of nitrogens with one attached hydrogen (secondary N) is 1. The molecule has 0 radical (unpaired) electrons. The van der Waals surface area contributed by atoms with E-state index in [0.717, 1.165) is 30.9 Å². The molecule has 4 heteroatoms. The predicted octanol–water partition coefficient (Wildman–Crippen LogP) is 2.57. The molecule has 1 aromatic rings. The minimum atomic E-state index is -0.129. The summed E-state index contributed by atoms with van der Waals surface area (Å²) in [5, 5.41) is 3.33. The average Bonchev–Trinajstić information content (AvgIpc) is 2.37. The van der Waals surface area contributed by atoms with Gasteiger partial charge in [-0.1, -0.05) is 19.9 Å². The molecule has 0 saturated carbocycles. The molecule has 0 aromatic heterocycles. The van der Waals surface area contributed by atoms with Crippen LogP contribution in [0.5, 0.6) is 0 Å². The number of hydrogen-bond acceptors (Lipinski definition) is 3. The summed E-state index contributed by atoms with van der Waals surface area (Å²) in [5.74, 6) is 0.437. The number of benzene rings is 1. The number of hydrogen-bond donors (Lipinski definition) is 1. The average molecular weight is 281 g/mol. The van der Waals surface area contributed by atoms with Crippen LogP contribution in [0.15, 0.2) is 18.2 Å². The van der Waals surface area contributed by atoms with Crippen LogP contribution in [0.25, 0.3) is 0 Å². The second-order valence-corrected chi connectivity index (χ2v) is 5.99. The highest BCUT2D eigenvalue weighted by molar-refractivity contribution is 5.53. The Morgan fingerprint density at radius 2 is 1.85 bits per heavy atom. The summed E-state index contributed by atoms with van der Waals surface area (Å²) in [6.07, 6.45) is 0. The molecule has 1 aromatic carbocycles. The zero-order valence-corrected chi connectivity index (χ0v) is 13.4. The Bertz CT molecular complexity index is 405. The Morgan fingerprint density at radius 3 is 2.45 bits per heavy atom. The maximum atomic E-state index is 14.1. The maximum Gasteiger partial charge on any atom is 0.129 e. The Kier molecular flexibility index (Phi) is 6.96. The van der Waals surface area contributed by atoms with Gasteiger partial charge in [0.1, 0.15) is 5.82 Å². The molecule has 0 fully saturated rings. The normalized spacial score (nSPS) is 11.4. The molecule has 0 heterocycles. The summed E-state index contributed by atoms with van der Waals surface area (Å²) in [6.45, 7) is 7.61. The van der Waals surface area contributed by atoms with Crippen LogP contribution < -0.4 is 10.2 Å². The van der Waals surface area contributed by atoms with E-state index in [1.165, 1.54) is 6.07 Å². The van der Waals surface area contributed by atoms with Crippen LogP contribution >= 0.6 is 0 Å². The number of nitrogens with zero attached hydrogens (tertiary/aromatic N) is 2. The molecule has 0 aliphatic rings. The van der Waals surface area contributed by atoms with E-state index >= 15 is 0 Å². The van der Waals surface area contributed by atoms with Crippen LogP contribution in [0.3, 0.4) is 0 Å². The molecule has 114 valence electrons. The van der Waals surface area contributed by atoms with Gasteiger partial charge in [0.25, 0.3) is 0 Å². The smallest absolute Gasteiger partial charge is 0.129 e. The molecule has 0 amide bonds. The van der Waals surface area contributed by atoms with Crippen LogP contribution in [0.1, 0.15) is 19.4 Å². The molecular weight excluding hydrogens is 253 g/mol. The molecule has 1 N–H and O–H groups in total. The predicted molar refractivity (Wildman–Crippen MR) is 84.8 cm³/mol. The van der Waals surface area contributed by atoms with Crippen molar-refractivity contribution < 1.29 is 4.39 Å². The third-order valence-electron chi connectivity index (χ3n) is 3.24. The number of rotatable bonds is 8. The van der Waals surface area contributed by atoms with E-state index in [2.05, 4.69) is 29.0 Å². The fourth-order valence-corrected chi connectivity index (χ4v) is 2.04. The van der Waals surface area contributed by atoms with Gasteiger partial charge in [0.05, 0.1) is 0 Å². The lowest BCUT2D eigenvalue weighted by Crippen LogP contribution is -2.30. The molecule has 0 saturated heterocycles. The SMILES string of the molecule is CC(C)CNCc1c(F)cccc1N(C)CCN(C)C. The molecule has 3 nitrogen and oxygen atoms in total. The summed E-state index contributed by atoms with van der Waals surface area (Å²) in [4.78, 5) is 4.25. The lowest BCUT2D eigenvalue weighted by atomic mass is 10.1. The van der Waals surface area contributed by atoms with Gasteiger partial charge in [0.2, 0.25) is 0 Å². The number of anilines is 1. The Labute approximate surface area is 122 Å². The van der Waals surface area contributed by atoms with Gasteiger partial charge >= 0.3 is 0 Å². The maximum absolute atomic E-state index is 14.1. The molecule has 0 spiro atoms. The van der Waals surface area contributed by atoms with Gasteiger partial charge in [-0.15, -0.1) is 0 Å². The standard InChI is InChI=1S/C16H28FN3/c1-13(2)11-18-12-14-15(17)7-6-8-16(14)20(5)10-9-19(3)4/h6-8,13,18H,9-12H2,1-5H3. The second-order valence-electron chi connectivity index (χ2n) is 5.99. The molecule has 0 aliphatic heterocycles. The van der Waals surface area contributed by atoms with Crippen LogP contribution in [0.4, 0.5) is 10.1 Å². The highest BCUT2D eigenvalue weighted by atomic mass is 19.1. The second kappa shape index (κ2) is 8.22. The van der Waals surface area contributed by atoms with Crippen molar-refractivity contribution in [1.82, 2.24) is 10.2 Å². The van der Waals surface area contributed by atoms with Crippen molar-refractivity contribution in [2.45, 2.75) is 20.4 Å². The molecule has 20 heavy (non-hydrogen) atoms. The third kappa shape index (κ3) is 5.47. The highest BCUT2D eigenvalue weighted by Gasteiger charge is 2.12. The van der Waals surface area contributed by atoms with Crippen LogP contribution in [-0.4, -0.2) is 45.7 Å². The van der Waals surface area contributed by atoms with Crippen molar-refractivity contribution in [3.8, 4) is 0 Å². The van der Waals surface area contributed by atoms with Crippen LogP contribution in [0, 0.1) is 11.7 Å². The topological polar surface area (TPSA) is 18.5 Å². The summed E-state index contributed by atoms with van der Waals surface area (Å²) < 4.78 is 14.1. The fraction of sp³-hybridized carbons (Fsp3) is 0.625. The molecular formula is C16H28FN3. The zero-order valence-electron chi connectivity index (χ0n) is 13.4. The summed E-state index contributed by atoms with van der Waals surface area (Å²) >= 11 is 0. The molecule has 0 atom stereocenters. The molecule has 1 rings (SSSR count). The van der Waals surface area contributed by atoms with Crippen molar-refractivity contribution >= 4 is 5.69 Å². The molecule has 0 aliphatic carbocycles. The first-order valence-corrected chi connectivity index (χ1v) is 7.25. The first kappa shape index (κ1) is 16.9. The Morgan fingerprint density at radius 1 is 1.15 bits per heavy atom. The number of likely N-dealkylation sites (N-methyl/N-ethyl adjacent to an activating group) is 2. The largest absolute Gasteiger partial charge is 0.373 e. The van der Waals surface area contributed by atoms with Crippen molar-refractivity contribution in [3.05, 3.63) is 29.6 Å². The third-order valence-corrected chi connectivity index (χ3v) is 3.24. The van der Waals surface area contributed by atoms with Gasteiger partial charge in [-0.2, -0.15) is 0 Å². The van der Waals surface area contributed by atoms with Gasteiger partial charge in [0, 0.05) is 37.9 Å². The molecule has 0 unspecified atom stereocenters. The van der Waals surface area contributed by atoms with E-state index in [1.54, 1.807) is 6.07 Å². The fourth-order valence-electron chi connectivity index (χ4n) is 2.04. The van der Waals surface area contributed by atoms with Crippen LogP contribution in [0.2, 0.25) is 0 Å². The van der Waals surface area contributed by atoms with E-state index in [-0.39, 0.29) is 5.82 Å². The van der Waals surface area contributed by atoms with E-state index in [0.29, 0.717) is 12.5 Å². The van der Waals surface area contributed by atoms with Gasteiger partial charge in [-0.25, -0.2) is 4.39 Å². The number of halogens is 1. The minimum absolute atomic E-state index is 0.129. The lowest BCUT2D eigenvalue weighted by molar-refractivity contribution is 0.416. The first-order valence-electron chi connectivity index (χ1n) is 7.25. The van der Waals surface area contributed by atoms with Crippen LogP contribution in [-0.2, 0) is 6.54 Å². The summed E-state index contributed by atoms with van der Waals surface area (Å²) in [7, 11) is 6.11. The van der Waals surface area contributed by atoms with Crippen molar-refractivity contribution in [2.24, 2.45) is 5.92 Å². The first-order chi connectivity index (χ1) is 9.41. The molecule has 0 bridgehead atoms. The van der Waals surface area contributed by atoms with E-state index in [1.807, 2.05) is 27.2 Å². The summed E-state index contributed by atoms with van der Waals surface area (Å²) in [6, 6.07) is 5.31. The monoisotopic (exact) mass is 281 g/mol. The van der Waals surface area contributed by atoms with Crippen molar-refractivity contribution in [3.63, 3.8) is 0 Å². The van der Waals surface area contributed by atoms with E-state index < -0.39 is 0 Å². The van der Waals surface area contributed by atoms with Gasteiger partial charge in [-0.3, -0.25) is 0 Å². The van der Waals surface area contributed by atoms with Crippen molar-refractivity contribution in [1.29, 1.82) is 0 Å². The summed E-state index contributed by atoms with van der Waals surface area (Å²) in [5.41, 5.74) is 1.73. The van der Waals surface area contributed by atoms with Crippen molar-refractivity contribution in [2.75, 3.05) is 45.7 Å².